The molecule has 0 aromatic heterocycles. The van der Waals surface area contributed by atoms with Crippen molar-refractivity contribution < 1.29 is 24.1 Å². The molecule has 0 amide bonds. The smallest absolute Gasteiger partial charge is 0.331 e. The number of carboxylic acids is 1. The topological polar surface area (TPSA) is 65.0 Å². The summed E-state index contributed by atoms with van der Waals surface area (Å²) in [5.41, 5.74) is 2.07. The first-order valence-corrected chi connectivity index (χ1v) is 10.0. The van der Waals surface area contributed by atoms with E-state index < -0.39 is 12.1 Å². The highest BCUT2D eigenvalue weighted by Crippen LogP contribution is 2.34. The van der Waals surface area contributed by atoms with Crippen LogP contribution in [0.25, 0.3) is 0 Å². The average Bonchev–Trinajstić information content (AvgIpc) is 2.74. The van der Waals surface area contributed by atoms with Crippen LogP contribution in [0.3, 0.4) is 0 Å². The van der Waals surface area contributed by atoms with Crippen LogP contribution < -0.4 is 0 Å². The number of hydrogen-bond donors (Lipinski definition) is 1. The Kier molecular flexibility index (Phi) is 7.44. The van der Waals surface area contributed by atoms with Gasteiger partial charge in [-0.2, -0.15) is 0 Å². The Labute approximate surface area is 171 Å². The third kappa shape index (κ3) is 5.68. The Morgan fingerprint density at radius 2 is 1.55 bits per heavy atom. The van der Waals surface area contributed by atoms with E-state index in [9.17, 15) is 9.90 Å². The molecule has 1 aliphatic rings. The fourth-order valence-electron chi connectivity index (χ4n) is 3.63. The first kappa shape index (κ1) is 21.1. The normalized spacial score (nSPS) is 25.5. The van der Waals surface area contributed by atoms with Crippen molar-refractivity contribution in [2.45, 2.75) is 51.8 Å². The van der Waals surface area contributed by atoms with Gasteiger partial charge in [0, 0.05) is 5.92 Å². The fraction of sp³-hybridized carbons (Fsp3) is 0.375. The average molecular weight is 396 g/mol. The van der Waals surface area contributed by atoms with Crippen LogP contribution in [0.15, 0.2) is 72.5 Å². The summed E-state index contributed by atoms with van der Waals surface area (Å²) in [4.78, 5) is 11.4. The van der Waals surface area contributed by atoms with E-state index in [1.165, 1.54) is 0 Å². The van der Waals surface area contributed by atoms with Gasteiger partial charge in [-0.15, -0.1) is 0 Å². The minimum absolute atomic E-state index is 0.0513. The highest BCUT2D eigenvalue weighted by atomic mass is 16.6. The number of hydrogen-bond acceptors (Lipinski definition) is 4. The summed E-state index contributed by atoms with van der Waals surface area (Å²) in [5, 5.41) is 9.34. The SMILES string of the molecule is CC[C@H]1O/C(=C/C(=O)O)[C@@H](OCc2ccccc2)[C@@H](OCc2ccccc2)[C@@H]1C. The Morgan fingerprint density at radius 3 is 2.07 bits per heavy atom. The van der Waals surface area contributed by atoms with Crippen molar-refractivity contribution in [3.05, 3.63) is 83.6 Å². The molecule has 0 saturated carbocycles. The zero-order valence-electron chi connectivity index (χ0n) is 16.9. The molecule has 3 rings (SSSR count). The van der Waals surface area contributed by atoms with Gasteiger partial charge in [-0.05, 0) is 17.5 Å². The fourth-order valence-corrected chi connectivity index (χ4v) is 3.63. The lowest BCUT2D eigenvalue weighted by Gasteiger charge is -2.42. The van der Waals surface area contributed by atoms with Crippen LogP contribution in [0.1, 0.15) is 31.4 Å². The van der Waals surface area contributed by atoms with E-state index in [0.717, 1.165) is 23.6 Å². The minimum atomic E-state index is -1.06. The number of benzene rings is 2. The molecule has 0 bridgehead atoms. The predicted octanol–water partition coefficient (Wildman–Crippen LogP) is 4.57. The van der Waals surface area contributed by atoms with E-state index >= 15 is 0 Å². The number of carboxylic acid groups (broad SMARTS) is 1. The van der Waals surface area contributed by atoms with Gasteiger partial charge in [0.2, 0.25) is 0 Å². The molecule has 1 N–H and O–H groups in total. The van der Waals surface area contributed by atoms with Gasteiger partial charge >= 0.3 is 5.97 Å². The van der Waals surface area contributed by atoms with Crippen molar-refractivity contribution in [1.29, 1.82) is 0 Å². The third-order valence-corrected chi connectivity index (χ3v) is 5.20. The van der Waals surface area contributed by atoms with Crippen LogP contribution >= 0.6 is 0 Å². The van der Waals surface area contributed by atoms with Crippen LogP contribution in [0.4, 0.5) is 0 Å². The molecule has 154 valence electrons. The van der Waals surface area contributed by atoms with Gasteiger partial charge in [-0.1, -0.05) is 74.5 Å². The maximum absolute atomic E-state index is 11.4. The first-order chi connectivity index (χ1) is 14.1. The monoisotopic (exact) mass is 396 g/mol. The van der Waals surface area contributed by atoms with Gasteiger partial charge in [0.1, 0.15) is 18.0 Å². The van der Waals surface area contributed by atoms with Crippen LogP contribution in [0.5, 0.6) is 0 Å². The molecule has 5 nitrogen and oxygen atoms in total. The highest BCUT2D eigenvalue weighted by Gasteiger charge is 2.42. The maximum atomic E-state index is 11.4. The second-order valence-corrected chi connectivity index (χ2v) is 7.29. The van der Waals surface area contributed by atoms with E-state index in [1.54, 1.807) is 0 Å². The number of rotatable bonds is 8. The standard InChI is InChI=1S/C24H28O5/c1-3-20-17(2)23(27-15-18-10-6-4-7-11-18)24(21(29-20)14-22(25)26)28-16-19-12-8-5-9-13-19/h4-14,17,20,23-24H,3,15-16H2,1-2H3,(H,25,26)/b21-14+/t17-,20-,23+,24-/m1/s1. The zero-order chi connectivity index (χ0) is 20.6. The lowest BCUT2D eigenvalue weighted by Crippen LogP contribution is -2.49. The largest absolute Gasteiger partial charge is 0.491 e. The van der Waals surface area contributed by atoms with Gasteiger partial charge in [0.05, 0.1) is 25.4 Å². The van der Waals surface area contributed by atoms with Crippen LogP contribution in [-0.4, -0.2) is 29.4 Å². The summed E-state index contributed by atoms with van der Waals surface area (Å²) in [6.45, 7) is 4.87. The van der Waals surface area contributed by atoms with Crippen molar-refractivity contribution in [3.63, 3.8) is 0 Å². The molecule has 0 spiro atoms. The molecule has 4 atom stereocenters. The van der Waals surface area contributed by atoms with Gasteiger partial charge in [-0.3, -0.25) is 0 Å². The Morgan fingerprint density at radius 1 is 1.00 bits per heavy atom. The molecule has 1 saturated heterocycles. The molecule has 29 heavy (non-hydrogen) atoms. The van der Waals surface area contributed by atoms with Crippen LogP contribution in [0.2, 0.25) is 0 Å². The van der Waals surface area contributed by atoms with Gasteiger partial charge in [0.25, 0.3) is 0 Å². The Hall–Kier alpha value is -2.63. The number of carbonyl (C=O) groups is 1. The highest BCUT2D eigenvalue weighted by molar-refractivity contribution is 5.80. The molecular weight excluding hydrogens is 368 g/mol. The zero-order valence-corrected chi connectivity index (χ0v) is 16.9. The summed E-state index contributed by atoms with van der Waals surface area (Å²) in [5.74, 6) is -0.689. The molecule has 0 radical (unpaired) electrons. The maximum Gasteiger partial charge on any atom is 0.331 e. The van der Waals surface area contributed by atoms with Gasteiger partial charge in [-0.25, -0.2) is 4.79 Å². The second kappa shape index (κ2) is 10.2. The summed E-state index contributed by atoms with van der Waals surface area (Å²) in [6.07, 6.45) is 0.826. The van der Waals surface area contributed by atoms with Crippen LogP contribution in [0, 0.1) is 5.92 Å². The van der Waals surface area contributed by atoms with Gasteiger partial charge in [0.15, 0.2) is 0 Å². The van der Waals surface area contributed by atoms with Crippen molar-refractivity contribution >= 4 is 5.97 Å². The molecule has 5 heteroatoms. The molecule has 2 aromatic carbocycles. The number of aliphatic carboxylic acids is 1. The van der Waals surface area contributed by atoms with Crippen molar-refractivity contribution in [2.75, 3.05) is 0 Å². The van der Waals surface area contributed by atoms with Crippen molar-refractivity contribution in [2.24, 2.45) is 5.92 Å². The molecule has 1 fully saturated rings. The van der Waals surface area contributed by atoms with Crippen molar-refractivity contribution in [3.8, 4) is 0 Å². The predicted molar refractivity (Wildman–Crippen MR) is 110 cm³/mol. The lowest BCUT2D eigenvalue weighted by molar-refractivity contribution is -0.168. The Bertz CT molecular complexity index is 803. The molecule has 0 unspecified atom stereocenters. The van der Waals surface area contributed by atoms with E-state index in [4.69, 9.17) is 14.2 Å². The van der Waals surface area contributed by atoms with E-state index in [-0.39, 0.29) is 18.1 Å². The molecule has 0 aliphatic carbocycles. The molecule has 1 aliphatic heterocycles. The van der Waals surface area contributed by atoms with Gasteiger partial charge < -0.3 is 19.3 Å². The third-order valence-electron chi connectivity index (χ3n) is 5.20. The minimum Gasteiger partial charge on any atom is -0.491 e. The van der Waals surface area contributed by atoms with Crippen LogP contribution in [-0.2, 0) is 32.2 Å². The summed E-state index contributed by atoms with van der Waals surface area (Å²) in [7, 11) is 0. The van der Waals surface area contributed by atoms with Crippen molar-refractivity contribution in [1.82, 2.24) is 0 Å². The summed E-state index contributed by atoms with van der Waals surface area (Å²) < 4.78 is 18.5. The number of ether oxygens (including phenoxy) is 3. The lowest BCUT2D eigenvalue weighted by atomic mass is 9.88. The van der Waals surface area contributed by atoms with E-state index in [2.05, 4.69) is 6.92 Å². The Balaban J connectivity index is 1.83. The second-order valence-electron chi connectivity index (χ2n) is 7.29. The summed E-state index contributed by atoms with van der Waals surface area (Å²) >= 11 is 0. The quantitative estimate of drug-likeness (QED) is 0.662. The molecule has 1 heterocycles. The van der Waals surface area contributed by atoms with E-state index in [0.29, 0.717) is 19.0 Å². The first-order valence-electron chi connectivity index (χ1n) is 10.0. The molecule has 2 aromatic rings. The molecular formula is C24H28O5. The summed E-state index contributed by atoms with van der Waals surface area (Å²) in [6, 6.07) is 19.7. The van der Waals surface area contributed by atoms with E-state index in [1.807, 2.05) is 67.6 Å².